The molecule has 0 unspecified atom stereocenters. The zero-order valence-corrected chi connectivity index (χ0v) is 12.7. The topological polar surface area (TPSA) is 63.2 Å². The molecular formula is C14H16F3NO3S. The van der Waals surface area contributed by atoms with Crippen LogP contribution in [0.1, 0.15) is 18.9 Å². The highest BCUT2D eigenvalue weighted by Gasteiger charge is 2.30. The quantitative estimate of drug-likeness (QED) is 0.813. The van der Waals surface area contributed by atoms with Crippen LogP contribution < -0.4 is 5.32 Å². The lowest BCUT2D eigenvalue weighted by molar-refractivity contribution is -0.137. The number of hydrogen-bond acceptors (Lipinski definition) is 3. The molecule has 1 N–H and O–H groups in total. The normalized spacial score (nSPS) is 12.5. The number of allylic oxidation sites excluding steroid dienone is 1. The van der Waals surface area contributed by atoms with E-state index < -0.39 is 27.5 Å². The van der Waals surface area contributed by atoms with E-state index >= 15 is 0 Å². The van der Waals surface area contributed by atoms with Crippen LogP contribution in [-0.4, -0.2) is 25.8 Å². The first-order chi connectivity index (χ1) is 10.1. The highest BCUT2D eigenvalue weighted by Crippen LogP contribution is 2.30. The van der Waals surface area contributed by atoms with Crippen LogP contribution in [0.25, 0.3) is 0 Å². The number of benzene rings is 1. The van der Waals surface area contributed by atoms with E-state index in [1.807, 2.05) is 0 Å². The molecule has 0 aliphatic heterocycles. The smallest absolute Gasteiger partial charge is 0.326 e. The molecule has 1 rings (SSSR count). The monoisotopic (exact) mass is 335 g/mol. The number of carbonyl (C=O) groups is 1. The van der Waals surface area contributed by atoms with Gasteiger partial charge in [-0.25, -0.2) is 8.42 Å². The fraction of sp³-hybridized carbons (Fsp3) is 0.357. The fourth-order valence-electron chi connectivity index (χ4n) is 1.57. The first kappa shape index (κ1) is 18.2. The van der Waals surface area contributed by atoms with Gasteiger partial charge < -0.3 is 5.32 Å². The first-order valence-electron chi connectivity index (χ1n) is 6.43. The van der Waals surface area contributed by atoms with Crippen molar-refractivity contribution in [2.45, 2.75) is 19.5 Å². The van der Waals surface area contributed by atoms with Crippen LogP contribution in [0.4, 0.5) is 18.9 Å². The Labute approximate surface area is 126 Å². The van der Waals surface area contributed by atoms with Crippen LogP contribution in [0.3, 0.4) is 0 Å². The minimum atomic E-state index is -4.50. The maximum absolute atomic E-state index is 12.5. The van der Waals surface area contributed by atoms with E-state index in [2.05, 4.69) is 5.32 Å². The zero-order chi connectivity index (χ0) is 16.8. The third-order valence-corrected chi connectivity index (χ3v) is 4.23. The third-order valence-electron chi connectivity index (χ3n) is 2.70. The second-order valence-corrected chi connectivity index (χ2v) is 6.79. The van der Waals surface area contributed by atoms with Crippen molar-refractivity contribution in [1.29, 1.82) is 0 Å². The summed E-state index contributed by atoms with van der Waals surface area (Å²) in [6.45, 7) is 1.68. The molecule has 0 spiro atoms. The van der Waals surface area contributed by atoms with Crippen LogP contribution in [0.2, 0.25) is 0 Å². The van der Waals surface area contributed by atoms with E-state index in [9.17, 15) is 26.4 Å². The van der Waals surface area contributed by atoms with Crippen molar-refractivity contribution >= 4 is 21.4 Å². The van der Waals surface area contributed by atoms with Gasteiger partial charge in [0.25, 0.3) is 0 Å². The van der Waals surface area contributed by atoms with Crippen LogP contribution in [0, 0.1) is 0 Å². The Bertz CT molecular complexity index is 652. The number of hydrogen-bond donors (Lipinski definition) is 1. The Morgan fingerprint density at radius 2 is 2.00 bits per heavy atom. The number of halogens is 3. The third kappa shape index (κ3) is 6.30. The molecule has 22 heavy (non-hydrogen) atoms. The predicted octanol–water partition coefficient (Wildman–Crippen LogP) is 3.02. The molecule has 0 bridgehead atoms. The number of nitrogens with one attached hydrogen (secondary N) is 1. The molecule has 122 valence electrons. The Balaban J connectivity index is 2.63. The summed E-state index contributed by atoms with van der Waals surface area (Å²) in [5, 5.41) is 2.26. The maximum Gasteiger partial charge on any atom is 0.416 e. The largest absolute Gasteiger partial charge is 0.416 e. The first-order valence-corrected chi connectivity index (χ1v) is 8.25. The van der Waals surface area contributed by atoms with E-state index in [0.717, 1.165) is 12.1 Å². The summed E-state index contributed by atoms with van der Waals surface area (Å²) < 4.78 is 60.7. The predicted molar refractivity (Wildman–Crippen MR) is 78.2 cm³/mol. The molecule has 0 saturated heterocycles. The van der Waals surface area contributed by atoms with E-state index in [0.29, 0.717) is 0 Å². The van der Waals surface area contributed by atoms with Gasteiger partial charge in [0.05, 0.1) is 17.1 Å². The summed E-state index contributed by atoms with van der Waals surface area (Å²) in [4.78, 5) is 11.6. The van der Waals surface area contributed by atoms with Crippen molar-refractivity contribution in [1.82, 2.24) is 0 Å². The average molecular weight is 335 g/mol. The lowest BCUT2D eigenvalue weighted by atomic mass is 10.2. The number of carbonyl (C=O) groups excluding carboxylic acids is 1. The van der Waals surface area contributed by atoms with Gasteiger partial charge in [-0.15, -0.1) is 0 Å². The molecule has 4 nitrogen and oxygen atoms in total. The number of rotatable bonds is 6. The molecule has 1 amide bonds. The number of amides is 1. The Morgan fingerprint density at radius 3 is 2.59 bits per heavy atom. The summed E-state index contributed by atoms with van der Waals surface area (Å²) in [5.74, 6) is -1.17. The Hall–Kier alpha value is -1.83. The highest BCUT2D eigenvalue weighted by molar-refractivity contribution is 7.91. The molecule has 1 aromatic rings. The maximum atomic E-state index is 12.5. The molecule has 0 radical (unpaired) electrons. The second kappa shape index (κ2) is 7.44. The van der Waals surface area contributed by atoms with Gasteiger partial charge in [0.15, 0.2) is 9.84 Å². The van der Waals surface area contributed by atoms with Crippen molar-refractivity contribution in [2.75, 3.05) is 16.8 Å². The molecule has 0 aliphatic rings. The Morgan fingerprint density at radius 1 is 1.32 bits per heavy atom. The van der Waals surface area contributed by atoms with Gasteiger partial charge in [0.2, 0.25) is 5.91 Å². The standard InChI is InChI=1S/C14H16F3NO3S/c1-2-3-8-22(20,21)9-7-13(19)18-12-6-4-5-11(10-12)14(15,16)17/h2-6,10H,7-9H2,1H3,(H,18,19)/b3-2+. The van der Waals surface area contributed by atoms with Crippen molar-refractivity contribution < 1.29 is 26.4 Å². The van der Waals surface area contributed by atoms with Crippen molar-refractivity contribution in [3.05, 3.63) is 42.0 Å². The van der Waals surface area contributed by atoms with E-state index in [-0.39, 0.29) is 23.6 Å². The highest BCUT2D eigenvalue weighted by atomic mass is 32.2. The van der Waals surface area contributed by atoms with Gasteiger partial charge in [-0.3, -0.25) is 4.79 Å². The van der Waals surface area contributed by atoms with Gasteiger partial charge in [0, 0.05) is 12.1 Å². The fourth-order valence-corrected chi connectivity index (χ4v) is 2.72. The average Bonchev–Trinajstić information content (AvgIpc) is 2.43. The van der Waals surface area contributed by atoms with E-state index in [4.69, 9.17) is 0 Å². The molecule has 1 aromatic carbocycles. The minimum Gasteiger partial charge on any atom is -0.326 e. The Kier molecular flexibility index (Phi) is 6.16. The summed E-state index contributed by atoms with van der Waals surface area (Å²) in [7, 11) is -3.39. The molecule has 0 aromatic heterocycles. The molecule has 0 fully saturated rings. The summed E-state index contributed by atoms with van der Waals surface area (Å²) >= 11 is 0. The van der Waals surface area contributed by atoms with E-state index in [1.54, 1.807) is 13.0 Å². The SMILES string of the molecule is C/C=C/CS(=O)(=O)CCC(=O)Nc1cccc(C(F)(F)F)c1. The summed E-state index contributed by atoms with van der Waals surface area (Å²) in [5.41, 5.74) is -0.906. The van der Waals surface area contributed by atoms with Crippen molar-refractivity contribution in [3.8, 4) is 0 Å². The molecule has 0 aliphatic carbocycles. The molecule has 0 atom stereocenters. The minimum absolute atomic E-state index is 0.0225. The number of alkyl halides is 3. The van der Waals surface area contributed by atoms with Gasteiger partial charge in [-0.05, 0) is 25.1 Å². The van der Waals surface area contributed by atoms with Gasteiger partial charge in [-0.2, -0.15) is 13.2 Å². The number of anilines is 1. The molecule has 0 saturated carbocycles. The molecular weight excluding hydrogens is 319 g/mol. The van der Waals surface area contributed by atoms with Gasteiger partial charge in [-0.1, -0.05) is 18.2 Å². The van der Waals surface area contributed by atoms with Crippen LogP contribution in [0.5, 0.6) is 0 Å². The molecule has 8 heteroatoms. The lowest BCUT2D eigenvalue weighted by Gasteiger charge is -2.09. The molecule has 0 heterocycles. The zero-order valence-electron chi connectivity index (χ0n) is 11.9. The van der Waals surface area contributed by atoms with E-state index in [1.165, 1.54) is 18.2 Å². The second-order valence-electron chi connectivity index (χ2n) is 4.56. The van der Waals surface area contributed by atoms with Crippen LogP contribution in [-0.2, 0) is 20.8 Å². The van der Waals surface area contributed by atoms with Crippen molar-refractivity contribution in [3.63, 3.8) is 0 Å². The number of sulfone groups is 1. The van der Waals surface area contributed by atoms with Crippen LogP contribution in [0.15, 0.2) is 36.4 Å². The van der Waals surface area contributed by atoms with Crippen LogP contribution >= 0.6 is 0 Å². The van der Waals surface area contributed by atoms with Gasteiger partial charge in [0.1, 0.15) is 0 Å². The van der Waals surface area contributed by atoms with Crippen molar-refractivity contribution in [2.24, 2.45) is 0 Å². The lowest BCUT2D eigenvalue weighted by Crippen LogP contribution is -2.18. The van der Waals surface area contributed by atoms with Gasteiger partial charge >= 0.3 is 6.18 Å². The summed E-state index contributed by atoms with van der Waals surface area (Å²) in [6.07, 6.45) is -1.77. The summed E-state index contributed by atoms with van der Waals surface area (Å²) in [6, 6.07) is 4.16.